The lowest BCUT2D eigenvalue weighted by Gasteiger charge is -2.18. The topological polar surface area (TPSA) is 142 Å². The van der Waals surface area contributed by atoms with Crippen LogP contribution in [-0.2, 0) is 15.0 Å². The van der Waals surface area contributed by atoms with Crippen LogP contribution in [0, 0.1) is 0 Å². The second kappa shape index (κ2) is 9.92. The second-order valence-electron chi connectivity index (χ2n) is 8.89. The highest BCUT2D eigenvalue weighted by atomic mass is 16.2. The molecule has 0 saturated carbocycles. The number of amides is 2. The van der Waals surface area contributed by atoms with Crippen molar-refractivity contribution < 1.29 is 14.9 Å². The van der Waals surface area contributed by atoms with Crippen molar-refractivity contribution >= 4 is 35.0 Å². The molecule has 0 bridgehead atoms. The Morgan fingerprint density at radius 2 is 1.97 bits per heavy atom. The highest BCUT2D eigenvalue weighted by Gasteiger charge is 2.30. The molecule has 1 aromatic carbocycles. The zero-order valence-electron chi connectivity index (χ0n) is 19.1. The molecule has 1 aromatic heterocycles. The number of anilines is 2. The van der Waals surface area contributed by atoms with Crippen LogP contribution in [0.25, 0.3) is 0 Å². The van der Waals surface area contributed by atoms with E-state index in [1.165, 1.54) is 5.56 Å². The fraction of sp³-hybridized carbons (Fsp3) is 0.455. The smallest absolute Gasteiger partial charge is 0.311 e. The van der Waals surface area contributed by atoms with Gasteiger partial charge in [0.05, 0.1) is 6.20 Å². The van der Waals surface area contributed by atoms with Crippen LogP contribution in [0.5, 0.6) is 0 Å². The second-order valence-corrected chi connectivity index (χ2v) is 8.89. The molecule has 1 aliphatic rings. The first-order valence-electron chi connectivity index (χ1n) is 10.8. The van der Waals surface area contributed by atoms with E-state index < -0.39 is 11.8 Å². The molecule has 1 aliphatic heterocycles. The van der Waals surface area contributed by atoms with E-state index >= 15 is 0 Å². The van der Waals surface area contributed by atoms with E-state index in [1.807, 2.05) is 5.32 Å². The largest absolute Gasteiger partial charge is 0.349 e. The molecule has 3 rings (SSSR count). The van der Waals surface area contributed by atoms with Crippen molar-refractivity contribution in [3.63, 3.8) is 0 Å². The summed E-state index contributed by atoms with van der Waals surface area (Å²) in [5, 5.41) is 7.75. The maximum Gasteiger partial charge on any atom is 0.311 e. The van der Waals surface area contributed by atoms with Gasteiger partial charge >= 0.3 is 11.8 Å². The number of likely N-dealkylation sites (tertiary alicyclic amines) is 1. The molecule has 10 nitrogen and oxygen atoms in total. The molecule has 172 valence electrons. The van der Waals surface area contributed by atoms with Crippen LogP contribution in [0.2, 0.25) is 0 Å². The average molecular weight is 442 g/mol. The summed E-state index contributed by atoms with van der Waals surface area (Å²) in [4.78, 5) is 34.5. The fourth-order valence-electron chi connectivity index (χ4n) is 3.55. The Morgan fingerprint density at radius 1 is 1.25 bits per heavy atom. The van der Waals surface area contributed by atoms with E-state index in [2.05, 4.69) is 71.1 Å². The number of benzene rings is 1. The molecule has 0 spiro atoms. The Labute approximate surface area is 188 Å². The van der Waals surface area contributed by atoms with E-state index in [4.69, 9.17) is 5.84 Å². The molecule has 32 heavy (non-hydrogen) atoms. The van der Waals surface area contributed by atoms with Crippen LogP contribution in [0.4, 0.5) is 23.1 Å². The summed E-state index contributed by atoms with van der Waals surface area (Å²) in [6.45, 7) is 9.67. The number of carbonyl (C=O) groups excluding carboxylic acids is 2. The van der Waals surface area contributed by atoms with Crippen molar-refractivity contribution in [2.75, 3.05) is 30.4 Å². The van der Waals surface area contributed by atoms with Gasteiger partial charge in [-0.2, -0.15) is 4.98 Å². The number of nitrogens with two attached hydrogens (primary N) is 2. The molecule has 2 aromatic rings. The molecule has 0 radical (unpaired) electrons. The number of carbonyl (C=O) groups is 2. The molecular formula is C22H33N8O2+. The Morgan fingerprint density at radius 3 is 2.59 bits per heavy atom. The van der Waals surface area contributed by atoms with Crippen LogP contribution in [-0.4, -0.2) is 52.4 Å². The standard InChI is InChI=1S/C22H32N8O2/c1-5-24-19(31)20(32)30-11-10-16(13-30)27-21-25-12-17(29-23)18(28-21)26-15-8-6-14(7-9-15)22(2,3)4/h6-9,12,16,29H,5,10-11,13,23H2,1-4H3,(H,24,31)(H2,25,26,27,28)/p+1. The molecule has 7 N–H and O–H groups in total. The molecule has 1 atom stereocenters. The van der Waals surface area contributed by atoms with Crippen molar-refractivity contribution in [2.24, 2.45) is 5.84 Å². The Hall–Kier alpha value is -3.24. The summed E-state index contributed by atoms with van der Waals surface area (Å²) in [6.07, 6.45) is 2.33. The van der Waals surface area contributed by atoms with Gasteiger partial charge in [0.2, 0.25) is 5.95 Å². The van der Waals surface area contributed by atoms with Crippen LogP contribution in [0.1, 0.15) is 39.7 Å². The molecule has 1 unspecified atom stereocenters. The highest BCUT2D eigenvalue weighted by Crippen LogP contribution is 2.23. The molecule has 1 saturated heterocycles. The van der Waals surface area contributed by atoms with Gasteiger partial charge in [-0.15, -0.1) is 0 Å². The molecular weight excluding hydrogens is 408 g/mol. The van der Waals surface area contributed by atoms with E-state index in [0.29, 0.717) is 43.5 Å². The lowest BCUT2D eigenvalue weighted by Crippen LogP contribution is -2.72. The molecule has 2 amide bonds. The number of nitrogens with one attached hydrogen (secondary N) is 3. The third-order valence-corrected chi connectivity index (χ3v) is 5.39. The number of likely N-dealkylation sites (N-methyl/N-ethyl adjacent to an activating group) is 1. The molecule has 0 aliphatic carbocycles. The van der Waals surface area contributed by atoms with Gasteiger partial charge in [0.15, 0.2) is 5.69 Å². The van der Waals surface area contributed by atoms with Crippen molar-refractivity contribution in [1.82, 2.24) is 20.2 Å². The van der Waals surface area contributed by atoms with Gasteiger partial charge in [0, 0.05) is 25.7 Å². The van der Waals surface area contributed by atoms with E-state index in [-0.39, 0.29) is 11.5 Å². The Bertz CT molecular complexity index is 955. The summed E-state index contributed by atoms with van der Waals surface area (Å²) in [5.74, 6) is 5.67. The number of hydrazine groups is 1. The summed E-state index contributed by atoms with van der Waals surface area (Å²) < 4.78 is 0. The fourth-order valence-corrected chi connectivity index (χ4v) is 3.55. The van der Waals surface area contributed by atoms with Gasteiger partial charge in [-0.05, 0) is 36.5 Å². The van der Waals surface area contributed by atoms with Gasteiger partial charge in [-0.25, -0.2) is 4.98 Å². The first-order chi connectivity index (χ1) is 15.2. The Kier molecular flexibility index (Phi) is 7.26. The number of aromatic nitrogens is 2. The van der Waals surface area contributed by atoms with Crippen LogP contribution in [0.15, 0.2) is 30.5 Å². The zero-order valence-corrected chi connectivity index (χ0v) is 19.1. The van der Waals surface area contributed by atoms with Gasteiger partial charge < -0.3 is 21.0 Å². The minimum absolute atomic E-state index is 0.0380. The number of rotatable bonds is 6. The van der Waals surface area contributed by atoms with Gasteiger partial charge in [-0.1, -0.05) is 32.9 Å². The average Bonchev–Trinajstić information content (AvgIpc) is 3.22. The lowest BCUT2D eigenvalue weighted by atomic mass is 9.87. The molecule has 1 fully saturated rings. The van der Waals surface area contributed by atoms with Crippen LogP contribution >= 0.6 is 0 Å². The maximum absolute atomic E-state index is 12.2. The molecule has 2 heterocycles. The third-order valence-electron chi connectivity index (χ3n) is 5.39. The predicted octanol–water partition coefficient (Wildman–Crippen LogP) is 0.735. The van der Waals surface area contributed by atoms with Crippen molar-refractivity contribution in [2.45, 2.75) is 45.6 Å². The summed E-state index contributed by atoms with van der Waals surface area (Å²) >= 11 is 0. The van der Waals surface area contributed by atoms with Crippen LogP contribution in [0.3, 0.4) is 0 Å². The van der Waals surface area contributed by atoms with Gasteiger partial charge in [0.25, 0.3) is 5.82 Å². The van der Waals surface area contributed by atoms with Crippen molar-refractivity contribution in [1.29, 1.82) is 0 Å². The SMILES string of the molecule is CCNC(=O)C(=O)N1CCC(Nc2ncc(NN)c([NH2+]c3ccc(C(C)(C)C)cc3)n2)C1. The number of hydrogen-bond donors (Lipinski definition) is 5. The number of quaternary nitrogens is 1. The van der Waals surface area contributed by atoms with Gasteiger partial charge in [-0.3, -0.25) is 20.7 Å². The monoisotopic (exact) mass is 441 g/mol. The first-order valence-corrected chi connectivity index (χ1v) is 10.8. The summed E-state index contributed by atoms with van der Waals surface area (Å²) in [6, 6.07) is 8.29. The minimum Gasteiger partial charge on any atom is -0.349 e. The van der Waals surface area contributed by atoms with Crippen molar-refractivity contribution in [3.05, 3.63) is 36.0 Å². The number of nitrogen functional groups attached to an aromatic ring is 1. The lowest BCUT2D eigenvalue weighted by molar-refractivity contribution is -0.482. The third kappa shape index (κ3) is 5.71. The van der Waals surface area contributed by atoms with Crippen LogP contribution < -0.4 is 27.2 Å². The number of hydrogen-bond acceptors (Lipinski definition) is 7. The zero-order chi connectivity index (χ0) is 23.3. The predicted molar refractivity (Wildman–Crippen MR) is 124 cm³/mol. The maximum atomic E-state index is 12.2. The summed E-state index contributed by atoms with van der Waals surface area (Å²) in [5.41, 5.74) is 5.58. The first kappa shape index (κ1) is 23.4. The molecule has 10 heteroatoms. The van der Waals surface area contributed by atoms with Crippen molar-refractivity contribution in [3.8, 4) is 0 Å². The van der Waals surface area contributed by atoms with Gasteiger partial charge in [0.1, 0.15) is 5.69 Å². The Balaban J connectivity index is 1.67. The van der Waals surface area contributed by atoms with E-state index in [0.717, 1.165) is 5.69 Å². The number of nitrogens with zero attached hydrogens (tertiary/aromatic N) is 3. The highest BCUT2D eigenvalue weighted by molar-refractivity contribution is 6.35. The quantitative estimate of drug-likeness (QED) is 0.193. The normalized spacial score (nSPS) is 16.0. The summed E-state index contributed by atoms with van der Waals surface area (Å²) in [7, 11) is 0. The van der Waals surface area contributed by atoms with E-state index in [1.54, 1.807) is 18.0 Å². The minimum atomic E-state index is -0.572. The van der Waals surface area contributed by atoms with E-state index in [9.17, 15) is 9.59 Å².